The van der Waals surface area contributed by atoms with Gasteiger partial charge in [0.2, 0.25) is 5.91 Å². The first-order valence-corrected chi connectivity index (χ1v) is 5.55. The summed E-state index contributed by atoms with van der Waals surface area (Å²) in [5.41, 5.74) is 3.11. The highest BCUT2D eigenvalue weighted by Gasteiger charge is 2.03. The maximum atomic E-state index is 11.3. The monoisotopic (exact) mass is 249 g/mol. The molecule has 0 unspecified atom stereocenters. The van der Waals surface area contributed by atoms with Gasteiger partial charge in [-0.05, 0) is 23.6 Å². The van der Waals surface area contributed by atoms with Crippen LogP contribution in [0.25, 0.3) is 0 Å². The Bertz CT molecular complexity index is 452. The predicted molar refractivity (Wildman–Crippen MR) is 68.3 cm³/mol. The van der Waals surface area contributed by atoms with E-state index in [1.165, 1.54) is 18.3 Å². The number of benzene rings is 1. The molecule has 0 heterocycles. The normalized spacial score (nSPS) is 10.8. The minimum Gasteiger partial charge on any atom is -0.273 e. The maximum Gasteiger partial charge on any atom is 0.269 e. The highest BCUT2D eigenvalue weighted by atomic mass is 16.6. The lowest BCUT2D eigenvalue weighted by Crippen LogP contribution is -2.19. The molecule has 6 heteroatoms. The number of nitro benzene ring substituents is 1. The van der Waals surface area contributed by atoms with E-state index in [9.17, 15) is 14.9 Å². The van der Waals surface area contributed by atoms with Gasteiger partial charge in [0.1, 0.15) is 0 Å². The molecule has 0 saturated carbocycles. The molecule has 0 atom stereocenters. The summed E-state index contributed by atoms with van der Waals surface area (Å²) < 4.78 is 0. The number of hydrazone groups is 1. The number of amides is 1. The van der Waals surface area contributed by atoms with Crippen molar-refractivity contribution < 1.29 is 9.72 Å². The molecule has 0 aliphatic carbocycles. The number of hydrogen-bond acceptors (Lipinski definition) is 4. The molecule has 1 rings (SSSR count). The fourth-order valence-electron chi connectivity index (χ4n) is 1.28. The van der Waals surface area contributed by atoms with Gasteiger partial charge in [0.25, 0.3) is 5.69 Å². The van der Waals surface area contributed by atoms with Gasteiger partial charge in [-0.3, -0.25) is 14.9 Å². The van der Waals surface area contributed by atoms with Crippen molar-refractivity contribution in [3.8, 4) is 0 Å². The molecule has 1 aromatic rings. The van der Waals surface area contributed by atoms with E-state index in [0.29, 0.717) is 12.0 Å². The van der Waals surface area contributed by atoms with Crippen LogP contribution < -0.4 is 5.43 Å². The zero-order valence-electron chi connectivity index (χ0n) is 10.3. The first kappa shape index (κ1) is 13.8. The molecule has 0 saturated heterocycles. The van der Waals surface area contributed by atoms with E-state index in [0.717, 1.165) is 0 Å². The first-order chi connectivity index (χ1) is 8.49. The Morgan fingerprint density at radius 3 is 2.56 bits per heavy atom. The van der Waals surface area contributed by atoms with Crippen molar-refractivity contribution in [2.75, 3.05) is 0 Å². The molecular weight excluding hydrogens is 234 g/mol. The van der Waals surface area contributed by atoms with Crippen LogP contribution >= 0.6 is 0 Å². The van der Waals surface area contributed by atoms with Crippen molar-refractivity contribution in [2.45, 2.75) is 20.3 Å². The van der Waals surface area contributed by atoms with E-state index >= 15 is 0 Å². The Kier molecular flexibility index (Phi) is 4.98. The molecule has 0 spiro atoms. The fourth-order valence-corrected chi connectivity index (χ4v) is 1.28. The minimum absolute atomic E-state index is 0.0241. The lowest BCUT2D eigenvalue weighted by molar-refractivity contribution is -0.384. The summed E-state index contributed by atoms with van der Waals surface area (Å²) in [6.45, 7) is 3.89. The van der Waals surface area contributed by atoms with Gasteiger partial charge in [0, 0.05) is 18.6 Å². The van der Waals surface area contributed by atoms with Crippen LogP contribution in [0.15, 0.2) is 29.4 Å². The van der Waals surface area contributed by atoms with Gasteiger partial charge < -0.3 is 0 Å². The minimum atomic E-state index is -0.467. The summed E-state index contributed by atoms with van der Waals surface area (Å²) in [5, 5.41) is 14.2. The summed E-state index contributed by atoms with van der Waals surface area (Å²) in [7, 11) is 0. The fraction of sp³-hybridized carbons (Fsp3) is 0.333. The molecule has 18 heavy (non-hydrogen) atoms. The standard InChI is InChI=1S/C12H15N3O3/c1-9(2)7-12(16)14-13-8-10-3-5-11(6-4-10)15(17)18/h3-6,8-9H,7H2,1-2H3,(H,14,16). The zero-order valence-corrected chi connectivity index (χ0v) is 10.3. The van der Waals surface area contributed by atoms with Gasteiger partial charge >= 0.3 is 0 Å². The Labute approximate surface area is 105 Å². The highest BCUT2D eigenvalue weighted by molar-refractivity contribution is 5.82. The summed E-state index contributed by atoms with van der Waals surface area (Å²) in [4.78, 5) is 21.2. The molecule has 1 N–H and O–H groups in total. The molecule has 0 bridgehead atoms. The number of nitrogens with zero attached hydrogens (tertiary/aromatic N) is 2. The van der Waals surface area contributed by atoms with Crippen molar-refractivity contribution in [3.63, 3.8) is 0 Å². The molecule has 0 radical (unpaired) electrons. The van der Waals surface area contributed by atoms with Crippen LogP contribution in [0.4, 0.5) is 5.69 Å². The van der Waals surface area contributed by atoms with Crippen LogP contribution in [0.5, 0.6) is 0 Å². The SMILES string of the molecule is CC(C)CC(=O)NN=Cc1ccc([N+](=O)[O-])cc1. The summed E-state index contributed by atoms with van der Waals surface area (Å²) in [6, 6.07) is 5.90. The number of carbonyl (C=O) groups is 1. The van der Waals surface area contributed by atoms with E-state index in [1.807, 2.05) is 13.8 Å². The molecule has 6 nitrogen and oxygen atoms in total. The predicted octanol–water partition coefficient (Wildman–Crippen LogP) is 2.09. The lowest BCUT2D eigenvalue weighted by atomic mass is 10.1. The van der Waals surface area contributed by atoms with E-state index in [-0.39, 0.29) is 17.5 Å². The second-order valence-corrected chi connectivity index (χ2v) is 4.24. The average Bonchev–Trinajstić information content (AvgIpc) is 2.28. The molecule has 0 aliphatic rings. The van der Waals surface area contributed by atoms with E-state index in [4.69, 9.17) is 0 Å². The van der Waals surface area contributed by atoms with Gasteiger partial charge in [-0.1, -0.05) is 13.8 Å². The van der Waals surface area contributed by atoms with Gasteiger partial charge in [-0.15, -0.1) is 0 Å². The largest absolute Gasteiger partial charge is 0.273 e. The average molecular weight is 249 g/mol. The molecule has 96 valence electrons. The molecule has 0 aromatic heterocycles. The van der Waals surface area contributed by atoms with Crippen LogP contribution in [0.2, 0.25) is 0 Å². The van der Waals surface area contributed by atoms with Crippen molar-refractivity contribution >= 4 is 17.8 Å². The number of nitro groups is 1. The van der Waals surface area contributed by atoms with Gasteiger partial charge in [0.15, 0.2) is 0 Å². The summed E-state index contributed by atoms with van der Waals surface area (Å²) >= 11 is 0. The number of nitrogens with one attached hydrogen (secondary N) is 1. The quantitative estimate of drug-likeness (QED) is 0.492. The smallest absolute Gasteiger partial charge is 0.269 e. The second kappa shape index (κ2) is 6.48. The Morgan fingerprint density at radius 1 is 1.44 bits per heavy atom. The van der Waals surface area contributed by atoms with Gasteiger partial charge in [-0.2, -0.15) is 5.10 Å². The number of hydrogen-bond donors (Lipinski definition) is 1. The van der Waals surface area contributed by atoms with Crippen molar-refractivity contribution in [3.05, 3.63) is 39.9 Å². The van der Waals surface area contributed by atoms with Crippen LogP contribution in [-0.4, -0.2) is 17.0 Å². The van der Waals surface area contributed by atoms with Crippen molar-refractivity contribution in [1.82, 2.24) is 5.43 Å². The van der Waals surface area contributed by atoms with Crippen LogP contribution in [0, 0.1) is 16.0 Å². The summed E-state index contributed by atoms with van der Waals surface area (Å²) in [5.74, 6) is 0.128. The second-order valence-electron chi connectivity index (χ2n) is 4.24. The third-order valence-electron chi connectivity index (χ3n) is 2.10. The number of non-ortho nitro benzene ring substituents is 1. The van der Waals surface area contributed by atoms with E-state index < -0.39 is 4.92 Å². The Balaban J connectivity index is 2.52. The number of carbonyl (C=O) groups excluding carboxylic acids is 1. The van der Waals surface area contributed by atoms with Crippen molar-refractivity contribution in [2.24, 2.45) is 11.0 Å². The van der Waals surface area contributed by atoms with Gasteiger partial charge in [0.05, 0.1) is 11.1 Å². The lowest BCUT2D eigenvalue weighted by Gasteiger charge is -2.01. The van der Waals surface area contributed by atoms with Crippen LogP contribution in [0.3, 0.4) is 0 Å². The molecular formula is C12H15N3O3. The topological polar surface area (TPSA) is 84.6 Å². The molecule has 0 aliphatic heterocycles. The molecule has 1 amide bonds. The van der Waals surface area contributed by atoms with Crippen LogP contribution in [0.1, 0.15) is 25.8 Å². The Hall–Kier alpha value is -2.24. The van der Waals surface area contributed by atoms with Gasteiger partial charge in [-0.25, -0.2) is 5.43 Å². The molecule has 1 aromatic carbocycles. The number of rotatable bonds is 5. The molecule has 0 fully saturated rings. The summed E-state index contributed by atoms with van der Waals surface area (Å²) in [6.07, 6.45) is 1.86. The van der Waals surface area contributed by atoms with E-state index in [2.05, 4.69) is 10.5 Å². The Morgan fingerprint density at radius 2 is 2.06 bits per heavy atom. The van der Waals surface area contributed by atoms with Crippen molar-refractivity contribution in [1.29, 1.82) is 0 Å². The first-order valence-electron chi connectivity index (χ1n) is 5.55. The third kappa shape index (κ3) is 4.73. The maximum absolute atomic E-state index is 11.3. The highest BCUT2D eigenvalue weighted by Crippen LogP contribution is 2.10. The third-order valence-corrected chi connectivity index (χ3v) is 2.10. The zero-order chi connectivity index (χ0) is 13.5. The van der Waals surface area contributed by atoms with Crippen LogP contribution in [-0.2, 0) is 4.79 Å². The van der Waals surface area contributed by atoms with E-state index in [1.54, 1.807) is 12.1 Å².